The van der Waals surface area contributed by atoms with Crippen LogP contribution in [-0.2, 0) is 29.5 Å². The summed E-state index contributed by atoms with van der Waals surface area (Å²) in [5.74, 6) is 0. The number of sulfonamides is 2. The summed E-state index contributed by atoms with van der Waals surface area (Å²) in [6.07, 6.45) is 0.0324. The number of primary sulfonamides is 1. The highest BCUT2D eigenvalue weighted by molar-refractivity contribution is 7.94. The molecule has 11 heteroatoms. The number of hydrogen-bond acceptors (Lipinski definition) is 7. The fourth-order valence-electron chi connectivity index (χ4n) is 2.37. The molecule has 0 aromatic carbocycles. The molecule has 1 atom stereocenters. The highest BCUT2D eigenvalue weighted by atomic mass is 32.3. The molecule has 1 aromatic heterocycles. The Labute approximate surface area is 140 Å². The zero-order valence-electron chi connectivity index (χ0n) is 12.9. The Balaban J connectivity index is 2.44. The van der Waals surface area contributed by atoms with Gasteiger partial charge in [-0.15, -0.1) is 11.3 Å². The molecule has 23 heavy (non-hydrogen) atoms. The van der Waals surface area contributed by atoms with Crippen molar-refractivity contribution < 1.29 is 26.3 Å². The highest BCUT2D eigenvalue weighted by Crippen LogP contribution is 2.41. The largest absolute Gasteiger partial charge is 0.385 e. The lowest BCUT2D eigenvalue weighted by molar-refractivity contribution is 0.0423. The molecule has 2 heterocycles. The molecular weight excluding hydrogens is 364 g/mol. The van der Waals surface area contributed by atoms with E-state index < -0.39 is 26.2 Å². The van der Waals surface area contributed by atoms with Crippen LogP contribution in [0.15, 0.2) is 14.5 Å². The third-order valence-corrected chi connectivity index (χ3v) is 8.36. The van der Waals surface area contributed by atoms with Crippen LogP contribution in [0.1, 0.15) is 25.0 Å². The van der Waals surface area contributed by atoms with E-state index in [0.29, 0.717) is 36.5 Å². The first kappa shape index (κ1) is 18.8. The number of nitrogens with two attached hydrogens (primary N) is 1. The van der Waals surface area contributed by atoms with E-state index in [4.69, 9.17) is 14.6 Å². The van der Waals surface area contributed by atoms with Gasteiger partial charge in [-0.05, 0) is 19.4 Å². The molecule has 1 aliphatic rings. The number of methoxy groups -OCH3 is 1. The third-order valence-electron chi connectivity index (χ3n) is 3.40. The van der Waals surface area contributed by atoms with Crippen molar-refractivity contribution in [3.8, 4) is 0 Å². The molecule has 2 N–H and O–H groups in total. The summed E-state index contributed by atoms with van der Waals surface area (Å²) < 4.78 is 60.1. The number of hydrogen-bond donors (Lipinski definition) is 1. The first-order valence-electron chi connectivity index (χ1n) is 6.99. The van der Waals surface area contributed by atoms with Gasteiger partial charge in [0.1, 0.15) is 8.42 Å². The molecule has 8 nitrogen and oxygen atoms in total. The number of rotatable bonds is 7. The van der Waals surface area contributed by atoms with Crippen molar-refractivity contribution in [1.29, 1.82) is 0 Å². The number of ether oxygens (including phenoxy) is 2. The van der Waals surface area contributed by atoms with E-state index in [2.05, 4.69) is 0 Å². The van der Waals surface area contributed by atoms with Gasteiger partial charge in [-0.25, -0.2) is 22.0 Å². The summed E-state index contributed by atoms with van der Waals surface area (Å²) in [5, 5.41) is 5.13. The van der Waals surface area contributed by atoms with Crippen LogP contribution in [0.3, 0.4) is 0 Å². The number of nitrogens with zero attached hydrogens (tertiary/aromatic N) is 1. The minimum atomic E-state index is -3.96. The van der Waals surface area contributed by atoms with E-state index in [-0.39, 0.29) is 21.5 Å². The van der Waals surface area contributed by atoms with Gasteiger partial charge in [0.2, 0.25) is 10.0 Å². The monoisotopic (exact) mass is 384 g/mol. The molecule has 0 amide bonds. The second kappa shape index (κ2) is 7.13. The summed E-state index contributed by atoms with van der Waals surface area (Å²) in [4.78, 5) is 0. The summed E-state index contributed by atoms with van der Waals surface area (Å²) in [6.45, 7) is 3.04. The molecular formula is C12H20N2O6S3. The van der Waals surface area contributed by atoms with E-state index in [9.17, 15) is 16.8 Å². The van der Waals surface area contributed by atoms with Gasteiger partial charge < -0.3 is 9.47 Å². The second-order valence-electron chi connectivity index (χ2n) is 5.01. The lowest BCUT2D eigenvalue weighted by Gasteiger charge is -2.31. The molecule has 1 aromatic rings. The molecule has 0 fully saturated rings. The van der Waals surface area contributed by atoms with Crippen molar-refractivity contribution >= 4 is 31.4 Å². The first-order chi connectivity index (χ1) is 10.7. The molecule has 0 saturated carbocycles. The summed E-state index contributed by atoms with van der Waals surface area (Å²) >= 11 is 0.668. The molecule has 132 valence electrons. The Morgan fingerprint density at radius 1 is 1.48 bits per heavy atom. The van der Waals surface area contributed by atoms with Gasteiger partial charge in [-0.1, -0.05) is 0 Å². The Morgan fingerprint density at radius 3 is 2.74 bits per heavy atom. The maximum Gasteiger partial charge on any atom is 0.253 e. The van der Waals surface area contributed by atoms with Crippen molar-refractivity contribution in [2.24, 2.45) is 5.14 Å². The zero-order valence-corrected chi connectivity index (χ0v) is 15.3. The van der Waals surface area contributed by atoms with Crippen molar-refractivity contribution in [3.63, 3.8) is 0 Å². The molecule has 0 aliphatic carbocycles. The summed E-state index contributed by atoms with van der Waals surface area (Å²) in [6, 6.07) is 1.31. The van der Waals surface area contributed by atoms with Gasteiger partial charge >= 0.3 is 0 Å². The quantitative estimate of drug-likeness (QED) is 0.685. The standard InChI is InChI=1S/C12H20N2O6S3/c1-3-20-10-8-14(5-4-6-19-2)23(17,18)12-9(10)7-11(21-12)22(13,15)16/h7,10H,3-6,8H2,1-2H3,(H2,13,15,16)/t10-/m0/s1. The van der Waals surface area contributed by atoms with E-state index in [1.54, 1.807) is 14.0 Å². The molecule has 0 bridgehead atoms. The second-order valence-corrected chi connectivity index (χ2v) is 9.98. The van der Waals surface area contributed by atoms with Gasteiger partial charge in [-0.3, -0.25) is 0 Å². The fraction of sp³-hybridized carbons (Fsp3) is 0.667. The van der Waals surface area contributed by atoms with Crippen LogP contribution >= 0.6 is 11.3 Å². The van der Waals surface area contributed by atoms with Crippen LogP contribution in [0.4, 0.5) is 0 Å². The van der Waals surface area contributed by atoms with Crippen LogP contribution < -0.4 is 5.14 Å². The average molecular weight is 385 g/mol. The fourth-order valence-corrected chi connectivity index (χ4v) is 6.64. The van der Waals surface area contributed by atoms with Crippen molar-refractivity contribution in [2.45, 2.75) is 27.9 Å². The first-order valence-corrected chi connectivity index (χ1v) is 10.8. The third kappa shape index (κ3) is 3.92. The average Bonchev–Trinajstić information content (AvgIpc) is 2.90. The Morgan fingerprint density at radius 2 is 2.17 bits per heavy atom. The van der Waals surface area contributed by atoms with Crippen LogP contribution in [-0.4, -0.2) is 54.6 Å². The van der Waals surface area contributed by atoms with Gasteiger partial charge in [-0.2, -0.15) is 4.31 Å². The minimum absolute atomic E-state index is 0.0105. The van der Waals surface area contributed by atoms with Crippen LogP contribution in [0, 0.1) is 0 Å². The van der Waals surface area contributed by atoms with E-state index >= 15 is 0 Å². The lowest BCUT2D eigenvalue weighted by atomic mass is 10.2. The predicted molar refractivity (Wildman–Crippen MR) is 85.3 cm³/mol. The van der Waals surface area contributed by atoms with Gasteiger partial charge in [0.15, 0.2) is 0 Å². The molecule has 0 saturated heterocycles. The molecule has 0 radical (unpaired) electrons. The number of fused-ring (bicyclic) bond motifs is 1. The van der Waals surface area contributed by atoms with Crippen LogP contribution in [0.25, 0.3) is 0 Å². The Hall–Kier alpha value is -0.560. The van der Waals surface area contributed by atoms with Gasteiger partial charge in [0, 0.05) is 39.0 Å². The maximum absolute atomic E-state index is 12.7. The summed E-state index contributed by atoms with van der Waals surface area (Å²) in [7, 11) is -6.18. The van der Waals surface area contributed by atoms with Crippen LogP contribution in [0.2, 0.25) is 0 Å². The molecule has 1 aliphatic heterocycles. The SMILES string of the molecule is CCO[C@H]1CN(CCCOC)S(=O)(=O)c2sc(S(N)(=O)=O)cc21. The van der Waals surface area contributed by atoms with Crippen LogP contribution in [0.5, 0.6) is 0 Å². The van der Waals surface area contributed by atoms with Crippen molar-refractivity contribution in [2.75, 3.05) is 33.4 Å². The van der Waals surface area contributed by atoms with E-state index in [0.717, 1.165) is 0 Å². The van der Waals surface area contributed by atoms with Gasteiger partial charge in [0.05, 0.1) is 6.10 Å². The molecule has 2 rings (SSSR count). The smallest absolute Gasteiger partial charge is 0.253 e. The normalized spacial score (nSPS) is 21.3. The molecule has 0 unspecified atom stereocenters. The molecule has 0 spiro atoms. The zero-order chi connectivity index (χ0) is 17.3. The van der Waals surface area contributed by atoms with Crippen molar-refractivity contribution in [3.05, 3.63) is 11.6 Å². The topological polar surface area (TPSA) is 116 Å². The highest BCUT2D eigenvalue weighted by Gasteiger charge is 2.40. The van der Waals surface area contributed by atoms with E-state index in [1.807, 2.05) is 0 Å². The lowest BCUT2D eigenvalue weighted by Crippen LogP contribution is -2.40. The minimum Gasteiger partial charge on any atom is -0.385 e. The van der Waals surface area contributed by atoms with E-state index in [1.165, 1.54) is 10.4 Å². The van der Waals surface area contributed by atoms with Gasteiger partial charge in [0.25, 0.3) is 10.0 Å². The predicted octanol–water partition coefficient (Wildman–Crippen LogP) is 0.514. The number of thiophene rings is 1. The Kier molecular flexibility index (Phi) is 5.82. The Bertz CT molecular complexity index is 756. The van der Waals surface area contributed by atoms with Crippen molar-refractivity contribution in [1.82, 2.24) is 4.31 Å². The summed E-state index contributed by atoms with van der Waals surface area (Å²) in [5.41, 5.74) is 0.365. The maximum atomic E-state index is 12.7.